The normalized spacial score (nSPS) is 19.9. The molecule has 0 saturated heterocycles. The number of nitrogens with zero attached hydrogens (tertiary/aromatic N) is 1. The lowest BCUT2D eigenvalue weighted by Gasteiger charge is -2.32. The van der Waals surface area contributed by atoms with Gasteiger partial charge in [0.15, 0.2) is 0 Å². The molecule has 1 fully saturated rings. The number of aliphatic hydroxyl groups is 1. The van der Waals surface area contributed by atoms with E-state index in [1.807, 2.05) is 20.8 Å². The van der Waals surface area contributed by atoms with Gasteiger partial charge in [-0.25, -0.2) is 8.42 Å². The molecule has 0 bridgehead atoms. The van der Waals surface area contributed by atoms with Gasteiger partial charge < -0.3 is 9.67 Å². The third-order valence-corrected chi connectivity index (χ3v) is 8.36. The van der Waals surface area contributed by atoms with Gasteiger partial charge >= 0.3 is 12.4 Å². The molecular formula is C26H28F6N2O3S. The topological polar surface area (TPSA) is 71.3 Å². The highest BCUT2D eigenvalue weighted by atomic mass is 32.2. The van der Waals surface area contributed by atoms with Gasteiger partial charge in [-0.3, -0.25) is 0 Å². The number of aromatic nitrogens is 1. The van der Waals surface area contributed by atoms with Crippen LogP contribution in [-0.4, -0.2) is 35.6 Å². The Labute approximate surface area is 216 Å². The van der Waals surface area contributed by atoms with Crippen LogP contribution in [0, 0.1) is 5.41 Å². The largest absolute Gasteiger partial charge is 0.417 e. The van der Waals surface area contributed by atoms with E-state index in [9.17, 15) is 39.9 Å². The van der Waals surface area contributed by atoms with Crippen molar-refractivity contribution in [3.63, 3.8) is 0 Å². The minimum atomic E-state index is -5.00. The lowest BCUT2D eigenvalue weighted by atomic mass is 9.96. The Morgan fingerprint density at radius 2 is 1.66 bits per heavy atom. The van der Waals surface area contributed by atoms with Crippen molar-refractivity contribution in [3.05, 3.63) is 59.8 Å². The summed E-state index contributed by atoms with van der Waals surface area (Å²) < 4.78 is 113. The van der Waals surface area contributed by atoms with Gasteiger partial charge in [-0.05, 0) is 41.5 Å². The summed E-state index contributed by atoms with van der Waals surface area (Å²) in [5, 5.41) is 8.37. The molecule has 0 amide bonds. The third kappa shape index (κ3) is 5.86. The highest BCUT2D eigenvalue weighted by Crippen LogP contribution is 2.42. The molecule has 12 heteroatoms. The van der Waals surface area contributed by atoms with Gasteiger partial charge in [-0.15, -0.1) is 0 Å². The summed E-state index contributed by atoms with van der Waals surface area (Å²) in [6.07, 6.45) is -9.63. The highest BCUT2D eigenvalue weighted by Gasteiger charge is 2.48. The van der Waals surface area contributed by atoms with Crippen molar-refractivity contribution in [1.29, 1.82) is 0 Å². The number of hydrogen-bond donors (Lipinski definition) is 2. The van der Waals surface area contributed by atoms with Crippen LogP contribution < -0.4 is 4.72 Å². The molecule has 4 rings (SSSR count). The average molecular weight is 563 g/mol. The van der Waals surface area contributed by atoms with E-state index in [0.29, 0.717) is 0 Å². The predicted octanol–water partition coefficient (Wildman–Crippen LogP) is 6.42. The molecule has 1 atom stereocenters. The van der Waals surface area contributed by atoms with Crippen LogP contribution in [0.15, 0.2) is 48.7 Å². The number of fused-ring (bicyclic) bond motifs is 1. The first kappa shape index (κ1) is 28.4. The number of sulfonamides is 1. The van der Waals surface area contributed by atoms with Crippen LogP contribution in [0.5, 0.6) is 0 Å². The fraction of sp³-hybridized carbons (Fsp3) is 0.462. The molecule has 0 unspecified atom stereocenters. The molecule has 0 aliphatic heterocycles. The summed E-state index contributed by atoms with van der Waals surface area (Å²) in [6.45, 7) is 5.79. The monoisotopic (exact) mass is 562 g/mol. The number of aliphatic hydroxyl groups excluding tert-OH is 1. The minimum Gasteiger partial charge on any atom is -0.393 e. The Hall–Kier alpha value is -2.57. The second kappa shape index (κ2) is 9.56. The smallest absolute Gasteiger partial charge is 0.393 e. The van der Waals surface area contributed by atoms with Crippen LogP contribution in [0.25, 0.3) is 22.0 Å². The number of rotatable bonds is 6. The summed E-state index contributed by atoms with van der Waals surface area (Å²) in [5.74, 6) is 0. The van der Waals surface area contributed by atoms with Gasteiger partial charge in [0.2, 0.25) is 10.0 Å². The van der Waals surface area contributed by atoms with E-state index in [-0.39, 0.29) is 47.0 Å². The average Bonchev–Trinajstić information content (AvgIpc) is 3.09. The molecule has 1 saturated carbocycles. The Kier molecular flexibility index (Phi) is 7.16. The molecule has 208 valence electrons. The molecule has 1 aliphatic carbocycles. The number of nitrogens with one attached hydrogen (secondary N) is 1. The Balaban J connectivity index is 1.88. The van der Waals surface area contributed by atoms with E-state index < -0.39 is 50.8 Å². The van der Waals surface area contributed by atoms with Gasteiger partial charge in [0.1, 0.15) is 6.04 Å². The lowest BCUT2D eigenvalue weighted by Crippen LogP contribution is -2.48. The van der Waals surface area contributed by atoms with Crippen molar-refractivity contribution in [2.24, 2.45) is 5.41 Å². The van der Waals surface area contributed by atoms with Gasteiger partial charge in [-0.2, -0.15) is 31.1 Å². The van der Waals surface area contributed by atoms with E-state index in [4.69, 9.17) is 0 Å². The first-order chi connectivity index (χ1) is 17.4. The SMILES string of the molecule is CC(C)(C)Cn1cc([C@H](NS(=O)(=O)C2CC(O)C2)C(F)(F)F)c2ccc(-c3ccccc3C(F)(F)F)cc21. The number of halogens is 6. The number of hydrogen-bond acceptors (Lipinski definition) is 3. The van der Waals surface area contributed by atoms with Crippen LogP contribution in [0.4, 0.5) is 26.3 Å². The maximum atomic E-state index is 14.3. The quantitative estimate of drug-likeness (QED) is 0.341. The summed E-state index contributed by atoms with van der Waals surface area (Å²) in [6, 6.07) is 6.36. The molecule has 0 radical (unpaired) electrons. The summed E-state index contributed by atoms with van der Waals surface area (Å²) >= 11 is 0. The molecule has 1 heterocycles. The molecular weight excluding hydrogens is 534 g/mol. The van der Waals surface area contributed by atoms with E-state index in [1.165, 1.54) is 47.2 Å². The van der Waals surface area contributed by atoms with Gasteiger partial charge in [0.25, 0.3) is 0 Å². The first-order valence-electron chi connectivity index (χ1n) is 11.9. The van der Waals surface area contributed by atoms with Crippen LogP contribution in [-0.2, 0) is 22.7 Å². The molecule has 5 nitrogen and oxygen atoms in total. The second-order valence-corrected chi connectivity index (χ2v) is 12.9. The van der Waals surface area contributed by atoms with Crippen LogP contribution >= 0.6 is 0 Å². The molecule has 3 aromatic rings. The molecule has 1 aromatic heterocycles. The standard InChI is InChI=1S/C26H28F6N2O3S/c1-24(2,3)14-34-13-20(23(26(30,31)32)33-38(36,37)17-11-16(35)12-17)19-9-8-15(10-22(19)34)18-6-4-5-7-21(18)25(27,28)29/h4-10,13,16-17,23,33,35H,11-12,14H2,1-3H3/t16?,17?,23-/m0/s1. The predicted molar refractivity (Wildman–Crippen MR) is 132 cm³/mol. The highest BCUT2D eigenvalue weighted by molar-refractivity contribution is 7.90. The Morgan fingerprint density at radius 1 is 1.03 bits per heavy atom. The summed E-state index contributed by atoms with van der Waals surface area (Å²) in [5.41, 5.74) is -1.36. The van der Waals surface area contributed by atoms with Gasteiger partial charge in [0, 0.05) is 29.2 Å². The Bertz CT molecular complexity index is 1430. The third-order valence-electron chi connectivity index (χ3n) is 6.53. The van der Waals surface area contributed by atoms with Crippen molar-refractivity contribution < 1.29 is 39.9 Å². The summed E-state index contributed by atoms with van der Waals surface area (Å²) in [7, 11) is -4.42. The molecule has 2 N–H and O–H groups in total. The van der Waals surface area contributed by atoms with E-state index in [0.717, 1.165) is 6.07 Å². The van der Waals surface area contributed by atoms with Crippen molar-refractivity contribution >= 4 is 20.9 Å². The zero-order chi connectivity index (χ0) is 28.3. The van der Waals surface area contributed by atoms with Crippen molar-refractivity contribution in [2.75, 3.05) is 0 Å². The lowest BCUT2D eigenvalue weighted by molar-refractivity contribution is -0.152. The maximum absolute atomic E-state index is 14.3. The van der Waals surface area contributed by atoms with Crippen molar-refractivity contribution in [3.8, 4) is 11.1 Å². The van der Waals surface area contributed by atoms with Crippen molar-refractivity contribution in [2.45, 2.75) is 69.9 Å². The van der Waals surface area contributed by atoms with E-state index in [2.05, 4.69) is 0 Å². The van der Waals surface area contributed by atoms with Gasteiger partial charge in [-0.1, -0.05) is 51.1 Å². The van der Waals surface area contributed by atoms with Crippen LogP contribution in [0.2, 0.25) is 0 Å². The minimum absolute atomic E-state index is 0.0705. The fourth-order valence-corrected chi connectivity index (χ4v) is 6.43. The van der Waals surface area contributed by atoms with E-state index in [1.54, 1.807) is 4.72 Å². The number of benzene rings is 2. The second-order valence-electron chi connectivity index (χ2n) is 10.9. The Morgan fingerprint density at radius 3 is 2.21 bits per heavy atom. The number of alkyl halides is 6. The zero-order valence-corrected chi connectivity index (χ0v) is 21.7. The first-order valence-corrected chi connectivity index (χ1v) is 13.5. The summed E-state index contributed by atoms with van der Waals surface area (Å²) in [4.78, 5) is 0. The van der Waals surface area contributed by atoms with Crippen LogP contribution in [0.1, 0.15) is 50.8 Å². The molecule has 38 heavy (non-hydrogen) atoms. The zero-order valence-electron chi connectivity index (χ0n) is 20.9. The maximum Gasteiger partial charge on any atom is 0.417 e. The molecule has 0 spiro atoms. The van der Waals surface area contributed by atoms with Crippen molar-refractivity contribution in [1.82, 2.24) is 9.29 Å². The van der Waals surface area contributed by atoms with Gasteiger partial charge in [0.05, 0.1) is 16.9 Å². The van der Waals surface area contributed by atoms with Crippen LogP contribution in [0.3, 0.4) is 0 Å². The van der Waals surface area contributed by atoms with E-state index >= 15 is 0 Å². The molecule has 1 aliphatic rings. The molecule has 2 aromatic carbocycles. The fourth-order valence-electron chi connectivity index (χ4n) is 4.70.